The van der Waals surface area contributed by atoms with Gasteiger partial charge in [0.2, 0.25) is 0 Å². The zero-order valence-corrected chi connectivity index (χ0v) is 16.4. The Morgan fingerprint density at radius 2 is 1.43 bits per heavy atom. The molecule has 1 N–H and O–H groups in total. The van der Waals surface area contributed by atoms with E-state index >= 15 is 0 Å². The third-order valence-corrected chi connectivity index (χ3v) is 5.52. The molecule has 0 aliphatic rings. The third-order valence-electron chi connectivity index (χ3n) is 3.87. The zero-order valence-electron chi connectivity index (χ0n) is 13.6. The van der Waals surface area contributed by atoms with E-state index in [-0.39, 0.29) is 42.4 Å². The molecule has 0 saturated heterocycles. The number of rotatable bonds is 12. The molecular formula is C14H27NaO5S. The Bertz CT molecular complexity index is 383. The molecule has 0 rings (SSSR count). The van der Waals surface area contributed by atoms with Crippen molar-refractivity contribution in [1.29, 1.82) is 0 Å². The Hall–Kier alpha value is 0.380. The van der Waals surface area contributed by atoms with Crippen LogP contribution in [0.5, 0.6) is 0 Å². The van der Waals surface area contributed by atoms with Gasteiger partial charge in [0.05, 0.1) is 5.97 Å². The predicted octanol–water partition coefficient (Wildman–Crippen LogP) is -0.692. The molecule has 0 spiro atoms. The van der Waals surface area contributed by atoms with Gasteiger partial charge in [-0.25, -0.2) is 0 Å². The van der Waals surface area contributed by atoms with E-state index in [1.807, 2.05) is 0 Å². The molecule has 0 saturated carbocycles. The summed E-state index contributed by atoms with van der Waals surface area (Å²) in [5, 5.41) is 11.1. The zero-order chi connectivity index (χ0) is 15.6. The van der Waals surface area contributed by atoms with E-state index in [2.05, 4.69) is 6.92 Å². The van der Waals surface area contributed by atoms with Crippen LogP contribution in [0.15, 0.2) is 0 Å². The van der Waals surface area contributed by atoms with Gasteiger partial charge in [0.1, 0.15) is 4.75 Å². The van der Waals surface area contributed by atoms with Crippen molar-refractivity contribution < 1.29 is 52.4 Å². The van der Waals surface area contributed by atoms with Crippen molar-refractivity contribution in [1.82, 2.24) is 0 Å². The van der Waals surface area contributed by atoms with Crippen LogP contribution in [0.2, 0.25) is 0 Å². The maximum absolute atomic E-state index is 11.3. The molecule has 0 heterocycles. The molecule has 0 aliphatic carbocycles. The van der Waals surface area contributed by atoms with Gasteiger partial charge in [-0.3, -0.25) is 4.55 Å². The minimum absolute atomic E-state index is 0. The summed E-state index contributed by atoms with van der Waals surface area (Å²) in [6.45, 7) is 3.59. The summed E-state index contributed by atoms with van der Waals surface area (Å²) >= 11 is 0. The number of carboxylic acid groups (broad SMARTS) is 1. The molecule has 120 valence electrons. The summed E-state index contributed by atoms with van der Waals surface area (Å²) in [5.74, 6) is -1.70. The van der Waals surface area contributed by atoms with Gasteiger partial charge >= 0.3 is 29.6 Å². The van der Waals surface area contributed by atoms with Gasteiger partial charge in [-0.15, -0.1) is 0 Å². The van der Waals surface area contributed by atoms with Gasteiger partial charge < -0.3 is 9.90 Å². The second-order valence-corrected chi connectivity index (χ2v) is 7.07. The van der Waals surface area contributed by atoms with Crippen LogP contribution in [-0.4, -0.2) is 23.7 Å². The number of hydrogen-bond donors (Lipinski definition) is 1. The van der Waals surface area contributed by atoms with Gasteiger partial charge in [0, 0.05) is 0 Å². The molecule has 21 heavy (non-hydrogen) atoms. The van der Waals surface area contributed by atoms with Crippen LogP contribution in [-0.2, 0) is 14.9 Å². The largest absolute Gasteiger partial charge is 1.00 e. The number of carbonyl (C=O) groups is 1. The molecule has 0 aromatic carbocycles. The summed E-state index contributed by atoms with van der Waals surface area (Å²) < 4.78 is 29.6. The monoisotopic (exact) mass is 330 g/mol. The van der Waals surface area contributed by atoms with Crippen LogP contribution >= 0.6 is 0 Å². The summed E-state index contributed by atoms with van der Waals surface area (Å²) in [6.07, 6.45) is 7.81. The van der Waals surface area contributed by atoms with E-state index in [1.54, 1.807) is 0 Å². The first kappa shape index (κ1) is 23.6. The number of carbonyl (C=O) groups excluding carboxylic acids is 1. The number of aliphatic carboxylic acids is 1. The molecule has 0 radical (unpaired) electrons. The van der Waals surface area contributed by atoms with Gasteiger partial charge in [0.25, 0.3) is 10.1 Å². The maximum atomic E-state index is 11.3. The van der Waals surface area contributed by atoms with Crippen molar-refractivity contribution in [3.8, 4) is 0 Å². The molecule has 0 aliphatic heterocycles. The number of hydrogen-bond acceptors (Lipinski definition) is 4. The van der Waals surface area contributed by atoms with E-state index in [4.69, 9.17) is 4.55 Å². The van der Waals surface area contributed by atoms with E-state index in [9.17, 15) is 18.3 Å². The molecule has 0 aromatic rings. The van der Waals surface area contributed by atoms with Crippen LogP contribution in [0.4, 0.5) is 0 Å². The van der Waals surface area contributed by atoms with Gasteiger partial charge in [-0.1, -0.05) is 65.2 Å². The summed E-state index contributed by atoms with van der Waals surface area (Å²) in [7, 11) is -4.64. The SMILES string of the molecule is CCCCCCCCCCC(CC)(C(=O)[O-])S(=O)(=O)O.[Na+]. The quantitative estimate of drug-likeness (QED) is 0.290. The molecule has 5 nitrogen and oxygen atoms in total. The second-order valence-electron chi connectivity index (χ2n) is 5.34. The number of carboxylic acids is 1. The maximum Gasteiger partial charge on any atom is 1.00 e. The van der Waals surface area contributed by atoms with Crippen LogP contribution in [0.1, 0.15) is 78.1 Å². The Morgan fingerprint density at radius 1 is 1.00 bits per heavy atom. The molecule has 1 atom stereocenters. The first-order valence-electron chi connectivity index (χ1n) is 7.50. The van der Waals surface area contributed by atoms with E-state index in [0.717, 1.165) is 25.7 Å². The fraction of sp³-hybridized carbons (Fsp3) is 0.929. The Kier molecular flexibility index (Phi) is 13.4. The standard InChI is InChI=1S/C14H28O5S.Na/c1-3-5-6-7-8-9-10-11-12-14(4-2,13(15)16)20(17,18)19;/h3-12H2,1-2H3,(H,15,16)(H,17,18,19);/q;+1/p-1. The Morgan fingerprint density at radius 3 is 1.76 bits per heavy atom. The first-order chi connectivity index (χ1) is 9.31. The first-order valence-corrected chi connectivity index (χ1v) is 8.94. The van der Waals surface area contributed by atoms with E-state index < -0.39 is 20.8 Å². The average Bonchev–Trinajstić information content (AvgIpc) is 2.35. The van der Waals surface area contributed by atoms with Gasteiger partial charge in [-0.05, 0) is 12.8 Å². The minimum Gasteiger partial charge on any atom is -0.548 e. The predicted molar refractivity (Wildman–Crippen MR) is 76.8 cm³/mol. The smallest absolute Gasteiger partial charge is 0.548 e. The Labute approximate surface area is 150 Å². The molecule has 7 heteroatoms. The van der Waals surface area contributed by atoms with E-state index in [0.29, 0.717) is 6.42 Å². The molecule has 0 aromatic heterocycles. The number of unbranched alkanes of at least 4 members (excludes halogenated alkanes) is 7. The van der Waals surface area contributed by atoms with Crippen LogP contribution < -0.4 is 34.7 Å². The fourth-order valence-corrected chi connectivity index (χ4v) is 3.36. The van der Waals surface area contributed by atoms with Gasteiger partial charge in [-0.2, -0.15) is 8.42 Å². The normalized spacial score (nSPS) is 14.2. The van der Waals surface area contributed by atoms with Crippen molar-refractivity contribution in [3.63, 3.8) is 0 Å². The van der Waals surface area contributed by atoms with Crippen molar-refractivity contribution in [2.75, 3.05) is 0 Å². The van der Waals surface area contributed by atoms with Crippen LogP contribution in [0.3, 0.4) is 0 Å². The average molecular weight is 330 g/mol. The van der Waals surface area contributed by atoms with Crippen molar-refractivity contribution >= 4 is 16.1 Å². The molecule has 0 fully saturated rings. The third kappa shape index (κ3) is 7.98. The van der Waals surface area contributed by atoms with E-state index in [1.165, 1.54) is 26.2 Å². The van der Waals surface area contributed by atoms with Gasteiger partial charge in [0.15, 0.2) is 0 Å². The van der Waals surface area contributed by atoms with Crippen molar-refractivity contribution in [2.24, 2.45) is 0 Å². The Balaban J connectivity index is 0. The topological polar surface area (TPSA) is 94.5 Å². The minimum atomic E-state index is -4.64. The summed E-state index contributed by atoms with van der Waals surface area (Å²) in [4.78, 5) is 11.1. The molecular weight excluding hydrogens is 303 g/mol. The van der Waals surface area contributed by atoms with Crippen molar-refractivity contribution in [3.05, 3.63) is 0 Å². The van der Waals surface area contributed by atoms with Crippen LogP contribution in [0, 0.1) is 0 Å². The van der Waals surface area contributed by atoms with Crippen molar-refractivity contribution in [2.45, 2.75) is 82.8 Å². The van der Waals surface area contributed by atoms with Crippen LogP contribution in [0.25, 0.3) is 0 Å². The molecule has 0 bridgehead atoms. The fourth-order valence-electron chi connectivity index (χ4n) is 2.38. The second kappa shape index (κ2) is 11.9. The summed E-state index contributed by atoms with van der Waals surface area (Å²) in [6, 6.07) is 0. The molecule has 1 unspecified atom stereocenters. The summed E-state index contributed by atoms with van der Waals surface area (Å²) in [5.41, 5.74) is 0. The molecule has 0 amide bonds.